The second kappa shape index (κ2) is 12.8. The molecule has 254 valence electrons. The molecule has 2 aromatic heterocycles. The van der Waals surface area contributed by atoms with E-state index in [2.05, 4.69) is 30.2 Å². The number of esters is 1. The zero-order valence-electron chi connectivity index (χ0n) is 27.7. The summed E-state index contributed by atoms with van der Waals surface area (Å²) in [6.07, 6.45) is 13.2. The number of nitrogens with one attached hydrogen (secondary N) is 1. The number of phenols is 1. The molecule has 5 aliphatic rings. The van der Waals surface area contributed by atoms with Gasteiger partial charge in [0.25, 0.3) is 0 Å². The maximum absolute atomic E-state index is 14.0. The number of carbonyl (C=O) groups excluding carboxylic acids is 1. The van der Waals surface area contributed by atoms with E-state index in [4.69, 9.17) is 14.7 Å². The maximum Gasteiger partial charge on any atom is 0.308 e. The molecular weight excluding hydrogens is 611 g/mol. The van der Waals surface area contributed by atoms with Crippen molar-refractivity contribution in [1.29, 1.82) is 0 Å². The molecule has 2 saturated heterocycles. The van der Waals surface area contributed by atoms with Gasteiger partial charge in [0.2, 0.25) is 5.95 Å². The minimum Gasteiger partial charge on any atom is -0.504 e. The third-order valence-electron chi connectivity index (χ3n) is 11.8. The Balaban J connectivity index is 0.835. The maximum atomic E-state index is 14.0. The van der Waals surface area contributed by atoms with E-state index < -0.39 is 11.6 Å². The van der Waals surface area contributed by atoms with Gasteiger partial charge in [-0.15, -0.1) is 10.2 Å². The van der Waals surface area contributed by atoms with Crippen LogP contribution in [0.5, 0.6) is 5.75 Å². The number of phenolic OH excluding ortho intramolecular Hbond substituents is 1. The van der Waals surface area contributed by atoms with E-state index in [9.17, 15) is 14.3 Å². The summed E-state index contributed by atoms with van der Waals surface area (Å²) in [7, 11) is 0. The van der Waals surface area contributed by atoms with Gasteiger partial charge in [-0.1, -0.05) is 6.07 Å². The van der Waals surface area contributed by atoms with Crippen LogP contribution in [-0.4, -0.2) is 94.1 Å². The van der Waals surface area contributed by atoms with Crippen LogP contribution >= 0.6 is 0 Å². The minimum absolute atomic E-state index is 0.00897. The highest BCUT2D eigenvalue weighted by molar-refractivity contribution is 5.77. The molecule has 0 amide bonds. The second-order valence-corrected chi connectivity index (χ2v) is 14.5. The van der Waals surface area contributed by atoms with Gasteiger partial charge in [0.1, 0.15) is 0 Å². The van der Waals surface area contributed by atoms with Crippen molar-refractivity contribution in [1.82, 2.24) is 25.1 Å². The first-order valence-electron chi connectivity index (χ1n) is 17.7. The number of likely N-dealkylation sites (tertiary alicyclic amines) is 1. The van der Waals surface area contributed by atoms with Crippen molar-refractivity contribution in [3.8, 4) is 17.0 Å². The van der Waals surface area contributed by atoms with Crippen LogP contribution in [0.4, 0.5) is 21.8 Å². The predicted molar refractivity (Wildman–Crippen MR) is 181 cm³/mol. The van der Waals surface area contributed by atoms with Gasteiger partial charge in [-0.25, -0.2) is 14.4 Å². The molecule has 8 rings (SSSR count). The lowest BCUT2D eigenvalue weighted by molar-refractivity contribution is -0.151. The number of ether oxygens (including phenoxy) is 1. The number of piperidine rings is 1. The molecule has 1 atom stereocenters. The van der Waals surface area contributed by atoms with E-state index in [0.29, 0.717) is 41.1 Å². The van der Waals surface area contributed by atoms with Crippen molar-refractivity contribution in [3.63, 3.8) is 0 Å². The summed E-state index contributed by atoms with van der Waals surface area (Å²) in [5.74, 6) is 0.978. The molecule has 2 N–H and O–H groups in total. The van der Waals surface area contributed by atoms with Gasteiger partial charge in [0.05, 0.1) is 29.9 Å². The third-order valence-corrected chi connectivity index (χ3v) is 11.8. The Labute approximate surface area is 280 Å². The van der Waals surface area contributed by atoms with Crippen molar-refractivity contribution in [2.45, 2.75) is 76.3 Å². The number of aromatic nitrogens is 4. The third kappa shape index (κ3) is 5.82. The van der Waals surface area contributed by atoms with E-state index >= 15 is 0 Å². The number of hydrogen-bond acceptors (Lipinski definition) is 11. The van der Waals surface area contributed by atoms with E-state index in [-0.39, 0.29) is 17.9 Å². The van der Waals surface area contributed by atoms with Crippen molar-refractivity contribution in [3.05, 3.63) is 48.0 Å². The highest BCUT2D eigenvalue weighted by Gasteiger charge is 2.49. The van der Waals surface area contributed by atoms with Crippen molar-refractivity contribution in [2.24, 2.45) is 11.3 Å². The predicted octanol–water partition coefficient (Wildman–Crippen LogP) is 4.98. The largest absolute Gasteiger partial charge is 0.504 e. The number of piperazine rings is 1. The van der Waals surface area contributed by atoms with E-state index in [1.165, 1.54) is 37.3 Å². The SMILES string of the molecule is CCOC(=O)C1CCC2(CC1)CC(N1CCC(c3cnc(N4CCN5c6cc(-c7cccc(F)c7O)nnc6NC[C@H]5C4)nc3)CC1)C2. The summed E-state index contributed by atoms with van der Waals surface area (Å²) < 4.78 is 19.3. The lowest BCUT2D eigenvalue weighted by Gasteiger charge is -2.55. The standard InChI is InChI=1S/C36H45FN8O3/c1-2-48-34(47)24-6-10-36(11-7-24)17-26(18-36)43-12-8-23(9-13-43)25-19-39-35(40-20-25)44-14-15-45-27(22-44)21-38-33-31(45)16-30(41-42-33)28-4-3-5-29(37)32(28)46/h3-5,16,19-20,23-24,26-27,46H,2,6-15,17-18,21-22H2,1H3,(H,38,42)/t24?,26?,27-,36?/m0/s1. The number of nitrogens with zero attached hydrogens (tertiary/aromatic N) is 7. The Hall–Kier alpha value is -4.06. The summed E-state index contributed by atoms with van der Waals surface area (Å²) >= 11 is 0. The summed E-state index contributed by atoms with van der Waals surface area (Å²) in [4.78, 5) is 29.1. The number of halogens is 1. The number of benzene rings is 1. The van der Waals surface area contributed by atoms with Crippen molar-refractivity contribution in [2.75, 3.05) is 61.0 Å². The quantitative estimate of drug-likeness (QED) is 0.350. The lowest BCUT2D eigenvalue weighted by atomic mass is 9.56. The summed E-state index contributed by atoms with van der Waals surface area (Å²) in [6, 6.07) is 7.18. The Morgan fingerprint density at radius 2 is 1.81 bits per heavy atom. The monoisotopic (exact) mass is 656 g/mol. The van der Waals surface area contributed by atoms with Crippen molar-refractivity contribution < 1.29 is 19.0 Å². The first-order chi connectivity index (χ1) is 23.4. The van der Waals surface area contributed by atoms with Crippen LogP contribution in [0, 0.1) is 17.2 Å². The first-order valence-corrected chi connectivity index (χ1v) is 17.7. The molecule has 11 nitrogen and oxygen atoms in total. The number of anilines is 3. The average molecular weight is 657 g/mol. The van der Waals surface area contributed by atoms with Crippen LogP contribution in [0.15, 0.2) is 36.7 Å². The smallest absolute Gasteiger partial charge is 0.308 e. The molecule has 48 heavy (non-hydrogen) atoms. The molecule has 0 bridgehead atoms. The summed E-state index contributed by atoms with van der Waals surface area (Å²) in [5, 5.41) is 22.3. The topological polar surface area (TPSA) is 120 Å². The van der Waals surface area contributed by atoms with E-state index in [1.54, 1.807) is 12.1 Å². The number of aromatic hydroxyl groups is 1. The van der Waals surface area contributed by atoms with Gasteiger partial charge in [-0.05, 0) is 106 Å². The van der Waals surface area contributed by atoms with Crippen LogP contribution in [0.25, 0.3) is 11.3 Å². The molecular formula is C36H45FN8O3. The highest BCUT2D eigenvalue weighted by Crippen LogP contribution is 2.55. The number of para-hydroxylation sites is 1. The Morgan fingerprint density at radius 3 is 2.56 bits per heavy atom. The molecule has 3 aliphatic heterocycles. The minimum atomic E-state index is -0.678. The molecule has 12 heteroatoms. The van der Waals surface area contributed by atoms with E-state index in [0.717, 1.165) is 76.6 Å². The fourth-order valence-electron chi connectivity index (χ4n) is 8.96. The number of hydrogen-bond donors (Lipinski definition) is 2. The zero-order chi connectivity index (χ0) is 32.8. The summed E-state index contributed by atoms with van der Waals surface area (Å²) in [6.45, 7) is 7.63. The summed E-state index contributed by atoms with van der Waals surface area (Å²) in [5.41, 5.74) is 3.36. The molecule has 0 radical (unpaired) electrons. The van der Waals surface area contributed by atoms with Crippen LogP contribution in [0.1, 0.15) is 69.8 Å². The molecule has 1 spiro atoms. The lowest BCUT2D eigenvalue weighted by Crippen LogP contribution is -2.58. The van der Waals surface area contributed by atoms with Gasteiger partial charge >= 0.3 is 5.97 Å². The van der Waals surface area contributed by atoms with Gasteiger partial charge in [0, 0.05) is 50.2 Å². The number of fused-ring (bicyclic) bond motifs is 3. The van der Waals surface area contributed by atoms with Gasteiger partial charge in [0.15, 0.2) is 17.4 Å². The second-order valence-electron chi connectivity index (χ2n) is 14.5. The fraction of sp³-hybridized carbons (Fsp3) is 0.583. The Kier molecular flexibility index (Phi) is 8.30. The van der Waals surface area contributed by atoms with Crippen LogP contribution < -0.4 is 15.1 Å². The molecule has 2 saturated carbocycles. The zero-order valence-corrected chi connectivity index (χ0v) is 27.7. The molecule has 2 aliphatic carbocycles. The van der Waals surface area contributed by atoms with Crippen molar-refractivity contribution >= 4 is 23.4 Å². The van der Waals surface area contributed by atoms with Gasteiger partial charge in [-0.2, -0.15) is 0 Å². The average Bonchev–Trinajstić information content (AvgIpc) is 3.11. The number of rotatable bonds is 6. The fourth-order valence-corrected chi connectivity index (χ4v) is 8.96. The Morgan fingerprint density at radius 1 is 1.04 bits per heavy atom. The highest BCUT2D eigenvalue weighted by atomic mass is 19.1. The molecule has 4 fully saturated rings. The first kappa shape index (κ1) is 31.2. The van der Waals surface area contributed by atoms with Gasteiger partial charge < -0.3 is 29.9 Å². The molecule has 5 heterocycles. The molecule has 3 aromatic rings. The number of carbonyl (C=O) groups is 1. The van der Waals surface area contributed by atoms with Crippen LogP contribution in [-0.2, 0) is 9.53 Å². The molecule has 1 aromatic carbocycles. The van der Waals surface area contributed by atoms with Crippen LogP contribution in [0.3, 0.4) is 0 Å². The molecule has 0 unspecified atom stereocenters. The Bertz CT molecular complexity index is 1630. The normalized spacial score (nSPS) is 27.5. The van der Waals surface area contributed by atoms with Crippen LogP contribution in [0.2, 0.25) is 0 Å². The van der Waals surface area contributed by atoms with Gasteiger partial charge in [-0.3, -0.25) is 4.79 Å². The van der Waals surface area contributed by atoms with E-state index in [1.807, 2.05) is 25.4 Å².